The number of phosphoric acid groups is 1. The molecule has 2 heterocycles. The van der Waals surface area contributed by atoms with Crippen LogP contribution >= 0.6 is 7.82 Å². The van der Waals surface area contributed by atoms with Gasteiger partial charge in [0, 0.05) is 18.9 Å². The fraction of sp³-hybridized carbons (Fsp3) is 0.903. The van der Waals surface area contributed by atoms with E-state index < -0.39 is 156 Å². The molecule has 24 nitrogen and oxygen atoms in total. The lowest BCUT2D eigenvalue weighted by atomic mass is 9.84. The summed E-state index contributed by atoms with van der Waals surface area (Å²) in [7, 11) is -5.71. The largest absolute Gasteiger partial charge is 0.472 e. The van der Waals surface area contributed by atoms with Gasteiger partial charge >= 0.3 is 25.7 Å². The Morgan fingerprint density at radius 3 is 1.22 bits per heavy atom. The lowest BCUT2D eigenvalue weighted by Crippen LogP contribution is -2.69. The predicted molar refractivity (Wildman–Crippen MR) is 365 cm³/mol. The summed E-state index contributed by atoms with van der Waals surface area (Å²) in [6.07, 6.45) is 14.6. The van der Waals surface area contributed by atoms with Crippen molar-refractivity contribution in [3.05, 3.63) is 24.3 Å². The van der Waals surface area contributed by atoms with E-state index in [1.165, 1.54) is 154 Å². The average molecular weight is 1410 g/mol. The van der Waals surface area contributed by atoms with Crippen LogP contribution in [0.1, 0.15) is 284 Å². The maximum atomic E-state index is 14.3. The van der Waals surface area contributed by atoms with Gasteiger partial charge in [-0.15, -0.1) is 0 Å². The highest BCUT2D eigenvalue weighted by atomic mass is 31.2. The molecule has 0 radical (unpaired) electrons. The van der Waals surface area contributed by atoms with Crippen LogP contribution in [0.3, 0.4) is 0 Å². The summed E-state index contributed by atoms with van der Waals surface area (Å²) < 4.78 is 64.8. The first-order valence-corrected chi connectivity index (χ1v) is 39.2. The number of carbonyl (C=O) groups is 3. The van der Waals surface area contributed by atoms with Gasteiger partial charge in [0.05, 0.1) is 13.2 Å². The van der Waals surface area contributed by atoms with Crippen molar-refractivity contribution in [2.45, 2.75) is 388 Å². The Morgan fingerprint density at radius 2 is 0.794 bits per heavy atom. The first kappa shape index (κ1) is 88.7. The van der Waals surface area contributed by atoms with Crippen molar-refractivity contribution in [3.8, 4) is 0 Å². The Morgan fingerprint density at radius 1 is 0.423 bits per heavy atom. The minimum absolute atomic E-state index is 0.0289. The number of ether oxygens (including phenoxy) is 7. The molecule has 97 heavy (non-hydrogen) atoms. The predicted octanol–water partition coefficient (Wildman–Crippen LogP) is 10.1. The van der Waals surface area contributed by atoms with Gasteiger partial charge in [0.2, 0.25) is 0 Å². The third kappa shape index (κ3) is 37.4. The molecule has 2 aliphatic heterocycles. The van der Waals surface area contributed by atoms with E-state index in [4.69, 9.17) is 42.2 Å². The molecule has 0 spiro atoms. The molecule has 3 fully saturated rings. The molecular formula is C72H131O24P. The number of unbranched alkanes of at least 4 members (excludes halogenated alkanes) is 36. The van der Waals surface area contributed by atoms with Crippen LogP contribution in [0, 0.1) is 0 Å². The third-order valence-corrected chi connectivity index (χ3v) is 19.6. The van der Waals surface area contributed by atoms with Crippen molar-refractivity contribution in [3.63, 3.8) is 0 Å². The summed E-state index contributed by atoms with van der Waals surface area (Å²) in [5, 5.41) is 110. The maximum absolute atomic E-state index is 14.3. The average Bonchev–Trinajstić information content (AvgIpc) is 0.763. The zero-order chi connectivity index (χ0) is 71.1. The molecule has 3 rings (SSSR count). The van der Waals surface area contributed by atoms with Crippen molar-refractivity contribution in [1.29, 1.82) is 0 Å². The molecule has 1 saturated carbocycles. The zero-order valence-electron chi connectivity index (χ0n) is 59.1. The van der Waals surface area contributed by atoms with Gasteiger partial charge in [-0.05, 0) is 25.7 Å². The van der Waals surface area contributed by atoms with Crippen LogP contribution in [0.5, 0.6) is 0 Å². The molecule has 2 saturated heterocycles. The van der Waals surface area contributed by atoms with Crippen molar-refractivity contribution < 1.29 is 117 Å². The second kappa shape index (κ2) is 54.1. The molecule has 18 atom stereocenters. The lowest BCUT2D eigenvalue weighted by Gasteiger charge is -2.49. The van der Waals surface area contributed by atoms with Crippen LogP contribution in [-0.4, -0.2) is 204 Å². The first-order chi connectivity index (χ1) is 46.8. The Balaban J connectivity index is 1.75. The summed E-state index contributed by atoms with van der Waals surface area (Å²) in [5.74, 6) is -2.24. The van der Waals surface area contributed by atoms with Crippen LogP contribution in [0.15, 0.2) is 24.3 Å². The van der Waals surface area contributed by atoms with Gasteiger partial charge < -0.3 is 89.1 Å². The molecule has 11 N–H and O–H groups in total. The number of aliphatic hydroxyl groups is 10. The van der Waals surface area contributed by atoms with Crippen LogP contribution in [0.2, 0.25) is 0 Å². The van der Waals surface area contributed by atoms with Crippen LogP contribution in [0.25, 0.3) is 0 Å². The molecule has 3 aliphatic rings. The lowest BCUT2D eigenvalue weighted by molar-refractivity contribution is -0.360. The van der Waals surface area contributed by atoms with E-state index in [2.05, 4.69) is 20.8 Å². The molecule has 0 bridgehead atoms. The summed E-state index contributed by atoms with van der Waals surface area (Å²) in [4.78, 5) is 50.8. The molecule has 0 amide bonds. The van der Waals surface area contributed by atoms with Gasteiger partial charge in [-0.1, -0.05) is 264 Å². The SMILES string of the molecule is CCCCCCCCCCCCC/C=C/C=C/C(=O)OCC(COP(=O)(O)OC1C(OC2OC(CO)C(O)C(O)C2O)C(O)C(O)C(O)C1OC1OC(COC(=O)CCCCCCCCCCCCCCCC)C(O)C(O)C1O)OC(=O)CCCCCCCCCCCCCCC. The minimum Gasteiger partial charge on any atom is -0.463 e. The van der Waals surface area contributed by atoms with Gasteiger partial charge in [0.15, 0.2) is 18.7 Å². The van der Waals surface area contributed by atoms with E-state index in [1.54, 1.807) is 6.08 Å². The second-order valence-corrected chi connectivity index (χ2v) is 28.5. The van der Waals surface area contributed by atoms with Crippen molar-refractivity contribution >= 4 is 25.7 Å². The van der Waals surface area contributed by atoms with Crippen molar-refractivity contribution in [2.75, 3.05) is 26.4 Å². The zero-order valence-corrected chi connectivity index (χ0v) is 60.0. The molecule has 0 aromatic rings. The number of hydrogen-bond donors (Lipinski definition) is 11. The number of phosphoric ester groups is 1. The smallest absolute Gasteiger partial charge is 0.463 e. The molecule has 568 valence electrons. The highest BCUT2D eigenvalue weighted by Gasteiger charge is 2.58. The summed E-state index contributed by atoms with van der Waals surface area (Å²) in [6, 6.07) is 0. The molecule has 1 aliphatic carbocycles. The molecule has 0 aromatic carbocycles. The quantitative estimate of drug-likeness (QED) is 0.00673. The third-order valence-electron chi connectivity index (χ3n) is 18.6. The number of esters is 3. The standard InChI is InChI=1S/C72H131O24P/c1-4-7-10-13-16-19-22-25-27-30-32-34-37-40-43-46-56(74)88-50-53(91-58(76)48-45-42-39-36-33-28-24-21-18-15-12-9-6-3)51-90-97(86,87)96-70-68(94-71-66(84)61(79)59(77)54(49-73)92-71)64(82)63(81)65(83)69(70)95-72-67(85)62(80)60(78)55(93-72)52-89-57(75)47-44-41-38-35-31-29-26-23-20-17-14-11-8-5-2/h37,40,43,46,53-55,59-73,77-85H,4-36,38-39,41-42,44-45,47-52H2,1-3H3,(H,86,87)/b40-37+,46-43+. The van der Waals surface area contributed by atoms with E-state index >= 15 is 0 Å². The first-order valence-electron chi connectivity index (χ1n) is 37.7. The number of allylic oxidation sites excluding steroid dienone is 3. The molecular weight excluding hydrogens is 1280 g/mol. The molecule has 25 heteroatoms. The van der Waals surface area contributed by atoms with E-state index in [0.29, 0.717) is 12.8 Å². The van der Waals surface area contributed by atoms with Gasteiger partial charge in [0.1, 0.15) is 98.7 Å². The van der Waals surface area contributed by atoms with E-state index in [-0.39, 0.29) is 12.8 Å². The number of rotatable bonds is 58. The Labute approximate surface area is 579 Å². The summed E-state index contributed by atoms with van der Waals surface area (Å²) in [6.45, 7) is 3.33. The van der Waals surface area contributed by atoms with Gasteiger partial charge in [-0.3, -0.25) is 18.6 Å². The van der Waals surface area contributed by atoms with Crippen LogP contribution in [0.4, 0.5) is 0 Å². The van der Waals surface area contributed by atoms with Gasteiger partial charge in [-0.2, -0.15) is 0 Å². The Hall–Kier alpha value is -2.56. The van der Waals surface area contributed by atoms with Crippen LogP contribution in [-0.2, 0) is 61.2 Å². The molecule has 18 unspecified atom stereocenters. The fourth-order valence-corrected chi connectivity index (χ4v) is 13.4. The summed E-state index contributed by atoms with van der Waals surface area (Å²) >= 11 is 0. The van der Waals surface area contributed by atoms with Crippen molar-refractivity contribution in [2.24, 2.45) is 0 Å². The maximum Gasteiger partial charge on any atom is 0.472 e. The number of carbonyl (C=O) groups excluding carboxylic acids is 3. The summed E-state index contributed by atoms with van der Waals surface area (Å²) in [5.41, 5.74) is 0. The minimum atomic E-state index is -5.71. The van der Waals surface area contributed by atoms with E-state index in [1.807, 2.05) is 6.08 Å². The highest BCUT2D eigenvalue weighted by Crippen LogP contribution is 2.49. The van der Waals surface area contributed by atoms with Gasteiger partial charge in [-0.25, -0.2) is 9.36 Å². The topological polar surface area (TPSA) is 374 Å². The van der Waals surface area contributed by atoms with Gasteiger partial charge in [0.25, 0.3) is 0 Å². The fourth-order valence-electron chi connectivity index (χ4n) is 12.4. The Bertz CT molecular complexity index is 2110. The second-order valence-electron chi connectivity index (χ2n) is 27.1. The van der Waals surface area contributed by atoms with Crippen molar-refractivity contribution in [1.82, 2.24) is 0 Å². The monoisotopic (exact) mass is 1410 g/mol. The number of aliphatic hydroxyl groups excluding tert-OH is 10. The Kier molecular flexibility index (Phi) is 49.5. The van der Waals surface area contributed by atoms with Crippen LogP contribution < -0.4 is 0 Å². The highest BCUT2D eigenvalue weighted by molar-refractivity contribution is 7.47. The normalized spacial score (nSPS) is 27.9. The number of hydrogen-bond acceptors (Lipinski definition) is 23. The molecule has 0 aromatic heterocycles. The van der Waals surface area contributed by atoms with E-state index in [0.717, 1.165) is 96.0 Å². The van der Waals surface area contributed by atoms with E-state index in [9.17, 15) is 74.9 Å².